The first-order chi connectivity index (χ1) is 9.33. The van der Waals surface area contributed by atoms with Gasteiger partial charge in [0.2, 0.25) is 0 Å². The van der Waals surface area contributed by atoms with E-state index in [1.165, 1.54) is 43.4 Å². The SMILES string of the molecule is CCOc1nnc(CN(CCO)C2CCCCC2)s1. The van der Waals surface area contributed by atoms with Gasteiger partial charge in [0.15, 0.2) is 0 Å². The first-order valence-electron chi connectivity index (χ1n) is 7.13. The predicted molar refractivity (Wildman–Crippen MR) is 75.4 cm³/mol. The van der Waals surface area contributed by atoms with E-state index in [2.05, 4.69) is 15.1 Å². The summed E-state index contributed by atoms with van der Waals surface area (Å²) in [6, 6.07) is 0.584. The number of aliphatic hydroxyl groups is 1. The Morgan fingerprint density at radius 2 is 2.11 bits per heavy atom. The quantitative estimate of drug-likeness (QED) is 0.831. The lowest BCUT2D eigenvalue weighted by atomic mass is 9.94. The van der Waals surface area contributed by atoms with Crippen molar-refractivity contribution in [2.45, 2.75) is 51.6 Å². The normalized spacial score (nSPS) is 17.0. The molecule has 0 radical (unpaired) electrons. The highest BCUT2D eigenvalue weighted by Gasteiger charge is 2.22. The van der Waals surface area contributed by atoms with Gasteiger partial charge >= 0.3 is 0 Å². The van der Waals surface area contributed by atoms with Crippen LogP contribution in [0, 0.1) is 0 Å². The molecule has 2 rings (SSSR count). The van der Waals surface area contributed by atoms with Gasteiger partial charge in [0.25, 0.3) is 5.19 Å². The van der Waals surface area contributed by atoms with Crippen LogP contribution in [0.25, 0.3) is 0 Å². The molecule has 0 spiro atoms. The fourth-order valence-electron chi connectivity index (χ4n) is 2.62. The van der Waals surface area contributed by atoms with Crippen LogP contribution in [-0.4, -0.2) is 46.0 Å². The van der Waals surface area contributed by atoms with E-state index in [0.717, 1.165) is 11.6 Å². The maximum Gasteiger partial charge on any atom is 0.294 e. The summed E-state index contributed by atoms with van der Waals surface area (Å²) in [6.45, 7) is 4.26. The summed E-state index contributed by atoms with van der Waals surface area (Å²) in [5, 5.41) is 19.0. The Kier molecular flexibility index (Phi) is 6.00. The molecule has 0 bridgehead atoms. The molecule has 0 aromatic carbocycles. The third kappa shape index (κ3) is 4.40. The molecule has 1 aromatic heterocycles. The highest BCUT2D eigenvalue weighted by Crippen LogP contribution is 2.25. The van der Waals surface area contributed by atoms with Crippen molar-refractivity contribution in [3.63, 3.8) is 0 Å². The number of aliphatic hydroxyl groups excluding tert-OH is 1. The lowest BCUT2D eigenvalue weighted by Gasteiger charge is -2.33. The van der Waals surface area contributed by atoms with E-state index in [0.29, 0.717) is 24.4 Å². The first kappa shape index (κ1) is 14.7. The van der Waals surface area contributed by atoms with Crippen molar-refractivity contribution < 1.29 is 9.84 Å². The first-order valence-corrected chi connectivity index (χ1v) is 7.95. The second-order valence-corrected chi connectivity index (χ2v) is 5.91. The van der Waals surface area contributed by atoms with Crippen LogP contribution in [0.15, 0.2) is 0 Å². The number of rotatable bonds is 7. The van der Waals surface area contributed by atoms with Gasteiger partial charge in [-0.3, -0.25) is 4.90 Å². The maximum atomic E-state index is 9.24. The van der Waals surface area contributed by atoms with Crippen LogP contribution in [0.1, 0.15) is 44.0 Å². The van der Waals surface area contributed by atoms with Gasteiger partial charge in [-0.2, -0.15) is 0 Å². The molecule has 1 aliphatic rings. The highest BCUT2D eigenvalue weighted by atomic mass is 32.1. The van der Waals surface area contributed by atoms with E-state index in [9.17, 15) is 5.11 Å². The van der Waals surface area contributed by atoms with Crippen molar-refractivity contribution in [2.24, 2.45) is 0 Å². The molecule has 108 valence electrons. The number of nitrogens with zero attached hydrogens (tertiary/aromatic N) is 3. The van der Waals surface area contributed by atoms with Crippen molar-refractivity contribution in [1.82, 2.24) is 15.1 Å². The van der Waals surface area contributed by atoms with Gasteiger partial charge in [-0.05, 0) is 19.8 Å². The fraction of sp³-hybridized carbons (Fsp3) is 0.846. The molecule has 0 saturated heterocycles. The van der Waals surface area contributed by atoms with Crippen molar-refractivity contribution >= 4 is 11.3 Å². The lowest BCUT2D eigenvalue weighted by Crippen LogP contribution is -2.38. The smallest absolute Gasteiger partial charge is 0.294 e. The van der Waals surface area contributed by atoms with E-state index in [1.807, 2.05) is 6.92 Å². The van der Waals surface area contributed by atoms with E-state index >= 15 is 0 Å². The molecule has 1 fully saturated rings. The Hall–Kier alpha value is -0.720. The van der Waals surface area contributed by atoms with Gasteiger partial charge in [0.05, 0.1) is 19.8 Å². The van der Waals surface area contributed by atoms with Crippen LogP contribution >= 0.6 is 11.3 Å². The molecular weight excluding hydrogens is 262 g/mol. The Labute approximate surface area is 118 Å². The molecule has 0 unspecified atom stereocenters. The maximum absolute atomic E-state index is 9.24. The molecule has 5 nitrogen and oxygen atoms in total. The number of hydrogen-bond donors (Lipinski definition) is 1. The van der Waals surface area contributed by atoms with Crippen molar-refractivity contribution in [2.75, 3.05) is 19.8 Å². The Morgan fingerprint density at radius 3 is 2.79 bits per heavy atom. The van der Waals surface area contributed by atoms with Crippen LogP contribution in [0.4, 0.5) is 0 Å². The zero-order chi connectivity index (χ0) is 13.5. The van der Waals surface area contributed by atoms with Crippen LogP contribution in [-0.2, 0) is 6.54 Å². The molecule has 1 saturated carbocycles. The van der Waals surface area contributed by atoms with Crippen molar-refractivity contribution in [3.8, 4) is 5.19 Å². The molecule has 0 aliphatic heterocycles. The minimum atomic E-state index is 0.202. The summed E-state index contributed by atoms with van der Waals surface area (Å²) in [5.41, 5.74) is 0. The van der Waals surface area contributed by atoms with Crippen LogP contribution in [0.2, 0.25) is 0 Å². The summed E-state index contributed by atoms with van der Waals surface area (Å²) in [7, 11) is 0. The van der Waals surface area contributed by atoms with Crippen LogP contribution in [0.5, 0.6) is 5.19 Å². The molecule has 1 N–H and O–H groups in total. The van der Waals surface area contributed by atoms with Gasteiger partial charge in [0, 0.05) is 12.6 Å². The second-order valence-electron chi connectivity index (χ2n) is 4.88. The standard InChI is InChI=1S/C13H23N3O2S/c1-2-18-13-15-14-12(19-13)10-16(8-9-17)11-6-4-3-5-7-11/h11,17H,2-10H2,1H3. The monoisotopic (exact) mass is 285 g/mol. The predicted octanol–water partition coefficient (Wildman–Crippen LogP) is 2.06. The minimum Gasteiger partial charge on any atom is -0.469 e. The molecule has 1 aromatic rings. The van der Waals surface area contributed by atoms with Crippen LogP contribution in [0.3, 0.4) is 0 Å². The van der Waals surface area contributed by atoms with Gasteiger partial charge in [-0.25, -0.2) is 0 Å². The Bertz CT molecular complexity index is 367. The highest BCUT2D eigenvalue weighted by molar-refractivity contribution is 7.13. The average molecular weight is 285 g/mol. The Balaban J connectivity index is 1.94. The zero-order valence-corrected chi connectivity index (χ0v) is 12.4. The molecule has 1 aliphatic carbocycles. The number of aromatic nitrogens is 2. The number of hydrogen-bond acceptors (Lipinski definition) is 6. The van der Waals surface area contributed by atoms with E-state index in [4.69, 9.17) is 4.74 Å². The van der Waals surface area contributed by atoms with Gasteiger partial charge in [0.1, 0.15) is 5.01 Å². The molecule has 0 atom stereocenters. The number of ether oxygens (including phenoxy) is 1. The van der Waals surface area contributed by atoms with E-state index in [-0.39, 0.29) is 6.61 Å². The summed E-state index contributed by atoms with van der Waals surface area (Å²) in [6.07, 6.45) is 6.41. The molecule has 6 heteroatoms. The largest absolute Gasteiger partial charge is 0.469 e. The summed E-state index contributed by atoms with van der Waals surface area (Å²) in [5.74, 6) is 0. The lowest BCUT2D eigenvalue weighted by molar-refractivity contribution is 0.117. The molecule has 0 amide bonds. The topological polar surface area (TPSA) is 58.5 Å². The average Bonchev–Trinajstić information content (AvgIpc) is 2.87. The van der Waals surface area contributed by atoms with Crippen molar-refractivity contribution in [1.29, 1.82) is 0 Å². The molecule has 1 heterocycles. The van der Waals surface area contributed by atoms with Crippen LogP contribution < -0.4 is 4.74 Å². The molecular formula is C13H23N3O2S. The van der Waals surface area contributed by atoms with Gasteiger partial charge in [-0.15, -0.1) is 10.2 Å². The van der Waals surface area contributed by atoms with Gasteiger partial charge < -0.3 is 9.84 Å². The van der Waals surface area contributed by atoms with E-state index in [1.54, 1.807) is 0 Å². The molecule has 19 heavy (non-hydrogen) atoms. The Morgan fingerprint density at radius 1 is 1.32 bits per heavy atom. The third-order valence-electron chi connectivity index (χ3n) is 3.53. The second kappa shape index (κ2) is 7.77. The van der Waals surface area contributed by atoms with E-state index < -0.39 is 0 Å². The van der Waals surface area contributed by atoms with Gasteiger partial charge in [-0.1, -0.05) is 30.6 Å². The third-order valence-corrected chi connectivity index (χ3v) is 4.35. The summed E-state index contributed by atoms with van der Waals surface area (Å²) >= 11 is 1.51. The van der Waals surface area contributed by atoms with Crippen molar-refractivity contribution in [3.05, 3.63) is 5.01 Å². The fourth-order valence-corrected chi connectivity index (χ4v) is 3.40. The summed E-state index contributed by atoms with van der Waals surface area (Å²) < 4.78 is 5.35. The summed E-state index contributed by atoms with van der Waals surface area (Å²) in [4.78, 5) is 2.34. The zero-order valence-electron chi connectivity index (χ0n) is 11.5. The minimum absolute atomic E-state index is 0.202.